The summed E-state index contributed by atoms with van der Waals surface area (Å²) in [6.45, 7) is 5.16. The van der Waals surface area contributed by atoms with E-state index in [0.29, 0.717) is 11.4 Å². The summed E-state index contributed by atoms with van der Waals surface area (Å²) in [6, 6.07) is 8.71. The number of nitrogens with one attached hydrogen (secondary N) is 1. The van der Waals surface area contributed by atoms with Gasteiger partial charge in [0.25, 0.3) is 0 Å². The fourth-order valence-corrected chi connectivity index (χ4v) is 3.29. The van der Waals surface area contributed by atoms with Gasteiger partial charge in [-0.1, -0.05) is 18.2 Å². The summed E-state index contributed by atoms with van der Waals surface area (Å²) in [7, 11) is -3.21. The molecule has 1 aromatic carbocycles. The van der Waals surface area contributed by atoms with Crippen LogP contribution in [0, 0.1) is 6.92 Å². The molecule has 0 aliphatic heterocycles. The molecule has 0 unspecified atom stereocenters. The van der Waals surface area contributed by atoms with Gasteiger partial charge in [-0.05, 0) is 31.5 Å². The Morgan fingerprint density at radius 1 is 1.29 bits per heavy atom. The van der Waals surface area contributed by atoms with E-state index in [1.165, 1.54) is 0 Å². The summed E-state index contributed by atoms with van der Waals surface area (Å²) in [6.07, 6.45) is 3.78. The van der Waals surface area contributed by atoms with E-state index in [-0.39, 0.29) is 11.8 Å². The van der Waals surface area contributed by atoms with Crippen molar-refractivity contribution in [2.75, 3.05) is 12.3 Å². The second-order valence-electron chi connectivity index (χ2n) is 5.23. The van der Waals surface area contributed by atoms with Crippen LogP contribution in [0.5, 0.6) is 0 Å². The molecule has 1 aromatic heterocycles. The molecule has 0 radical (unpaired) electrons. The van der Waals surface area contributed by atoms with Crippen LogP contribution in [-0.2, 0) is 16.4 Å². The normalized spacial score (nSPS) is 13.2. The van der Waals surface area contributed by atoms with Crippen molar-refractivity contribution in [1.82, 2.24) is 15.1 Å². The highest BCUT2D eigenvalue weighted by Gasteiger charge is 2.14. The lowest BCUT2D eigenvalue weighted by atomic mass is 10.3. The van der Waals surface area contributed by atoms with Crippen molar-refractivity contribution in [2.24, 2.45) is 0 Å². The lowest BCUT2D eigenvalue weighted by Gasteiger charge is -2.14. The second-order valence-corrected chi connectivity index (χ2v) is 7.34. The molecular formula is C15H21N3O2S. The molecule has 1 N–H and O–H groups in total. The molecule has 114 valence electrons. The van der Waals surface area contributed by atoms with Gasteiger partial charge in [-0.3, -0.25) is 4.68 Å². The molecule has 21 heavy (non-hydrogen) atoms. The van der Waals surface area contributed by atoms with Crippen LogP contribution in [0.25, 0.3) is 0 Å². The highest BCUT2D eigenvalue weighted by atomic mass is 32.2. The standard InChI is InChI=1S/C15H21N3O2S/c1-13-10-17-18(11-13)12-14(2)16-8-9-21(19,20)15-6-4-3-5-7-15/h3-7,10-11,14,16H,8-9,12H2,1-2H3/t14-/m1/s1. The van der Waals surface area contributed by atoms with Crippen molar-refractivity contribution < 1.29 is 8.42 Å². The Bertz CT molecular complexity index is 665. The number of benzene rings is 1. The highest BCUT2D eigenvalue weighted by Crippen LogP contribution is 2.09. The summed E-state index contributed by atoms with van der Waals surface area (Å²) in [4.78, 5) is 0.377. The summed E-state index contributed by atoms with van der Waals surface area (Å²) in [5, 5.41) is 7.44. The van der Waals surface area contributed by atoms with Gasteiger partial charge < -0.3 is 5.32 Å². The largest absolute Gasteiger partial charge is 0.311 e. The van der Waals surface area contributed by atoms with E-state index < -0.39 is 9.84 Å². The number of rotatable bonds is 7. The topological polar surface area (TPSA) is 64.0 Å². The Morgan fingerprint density at radius 2 is 2.00 bits per heavy atom. The number of aryl methyl sites for hydroxylation is 1. The summed E-state index contributed by atoms with van der Waals surface area (Å²) < 4.78 is 26.1. The summed E-state index contributed by atoms with van der Waals surface area (Å²) in [5.41, 5.74) is 1.12. The zero-order valence-electron chi connectivity index (χ0n) is 12.4. The van der Waals surface area contributed by atoms with Gasteiger partial charge >= 0.3 is 0 Å². The molecule has 0 amide bonds. The maximum absolute atomic E-state index is 12.1. The highest BCUT2D eigenvalue weighted by molar-refractivity contribution is 7.91. The maximum Gasteiger partial charge on any atom is 0.179 e. The van der Waals surface area contributed by atoms with E-state index in [4.69, 9.17) is 0 Å². The molecular weight excluding hydrogens is 286 g/mol. The van der Waals surface area contributed by atoms with E-state index in [1.54, 1.807) is 24.3 Å². The smallest absolute Gasteiger partial charge is 0.179 e. The van der Waals surface area contributed by atoms with E-state index >= 15 is 0 Å². The van der Waals surface area contributed by atoms with Gasteiger partial charge in [-0.25, -0.2) is 8.42 Å². The lowest BCUT2D eigenvalue weighted by molar-refractivity contribution is 0.460. The quantitative estimate of drug-likeness (QED) is 0.844. The molecule has 0 aliphatic carbocycles. The molecule has 0 saturated carbocycles. The third kappa shape index (κ3) is 4.68. The van der Waals surface area contributed by atoms with Crippen molar-refractivity contribution in [3.63, 3.8) is 0 Å². The maximum atomic E-state index is 12.1. The SMILES string of the molecule is Cc1cnn(C[C@@H](C)NCCS(=O)(=O)c2ccccc2)c1. The molecule has 0 bridgehead atoms. The van der Waals surface area contributed by atoms with Crippen molar-refractivity contribution in [1.29, 1.82) is 0 Å². The number of hydrogen-bond acceptors (Lipinski definition) is 4. The Hall–Kier alpha value is -1.66. The molecule has 0 fully saturated rings. The van der Waals surface area contributed by atoms with E-state index in [2.05, 4.69) is 10.4 Å². The van der Waals surface area contributed by atoms with E-state index in [0.717, 1.165) is 12.1 Å². The molecule has 2 aromatic rings. The van der Waals surface area contributed by atoms with Crippen molar-refractivity contribution in [3.05, 3.63) is 48.3 Å². The molecule has 1 heterocycles. The molecule has 1 atom stereocenters. The average Bonchev–Trinajstić information content (AvgIpc) is 2.85. The van der Waals surface area contributed by atoms with Crippen LogP contribution in [0.3, 0.4) is 0 Å². The van der Waals surface area contributed by atoms with Gasteiger partial charge in [0.15, 0.2) is 9.84 Å². The number of sulfone groups is 1. The minimum Gasteiger partial charge on any atom is -0.311 e. The minimum absolute atomic E-state index is 0.0967. The first-order valence-electron chi connectivity index (χ1n) is 6.97. The van der Waals surface area contributed by atoms with Gasteiger partial charge in [-0.2, -0.15) is 5.10 Å². The first-order valence-corrected chi connectivity index (χ1v) is 8.63. The molecule has 5 nitrogen and oxygen atoms in total. The zero-order chi connectivity index (χ0) is 15.3. The fourth-order valence-electron chi connectivity index (χ4n) is 2.10. The van der Waals surface area contributed by atoms with Gasteiger partial charge in [-0.15, -0.1) is 0 Å². The number of aromatic nitrogens is 2. The third-order valence-corrected chi connectivity index (χ3v) is 4.92. The Kier molecular flexibility index (Phi) is 5.14. The Labute approximate surface area is 125 Å². The Morgan fingerprint density at radius 3 is 2.62 bits per heavy atom. The van der Waals surface area contributed by atoms with E-state index in [9.17, 15) is 8.42 Å². The van der Waals surface area contributed by atoms with Gasteiger partial charge in [0.2, 0.25) is 0 Å². The molecule has 0 spiro atoms. The predicted molar refractivity (Wildman–Crippen MR) is 82.9 cm³/mol. The van der Waals surface area contributed by atoms with Crippen LogP contribution in [0.15, 0.2) is 47.6 Å². The van der Waals surface area contributed by atoms with Crippen LogP contribution in [0.4, 0.5) is 0 Å². The first-order chi connectivity index (χ1) is 9.97. The van der Waals surface area contributed by atoms with Crippen LogP contribution in [-0.4, -0.2) is 36.5 Å². The fraction of sp³-hybridized carbons (Fsp3) is 0.400. The zero-order valence-corrected chi connectivity index (χ0v) is 13.2. The van der Waals surface area contributed by atoms with Crippen LogP contribution >= 0.6 is 0 Å². The van der Waals surface area contributed by atoms with Crippen molar-refractivity contribution in [3.8, 4) is 0 Å². The van der Waals surface area contributed by atoms with Crippen LogP contribution in [0.1, 0.15) is 12.5 Å². The molecule has 0 saturated heterocycles. The minimum atomic E-state index is -3.21. The third-order valence-electron chi connectivity index (χ3n) is 3.19. The predicted octanol–water partition coefficient (Wildman–Crippen LogP) is 1.64. The van der Waals surface area contributed by atoms with E-state index in [1.807, 2.05) is 37.0 Å². The lowest BCUT2D eigenvalue weighted by Crippen LogP contribution is -2.34. The van der Waals surface area contributed by atoms with Crippen molar-refractivity contribution >= 4 is 9.84 Å². The molecule has 6 heteroatoms. The second kappa shape index (κ2) is 6.87. The van der Waals surface area contributed by atoms with Gasteiger partial charge in [0, 0.05) is 18.8 Å². The number of nitrogens with zero attached hydrogens (tertiary/aromatic N) is 2. The summed E-state index contributed by atoms with van der Waals surface area (Å²) in [5.74, 6) is 0.0967. The molecule has 2 rings (SSSR count). The van der Waals surface area contributed by atoms with Crippen molar-refractivity contribution in [2.45, 2.75) is 31.3 Å². The molecule has 0 aliphatic rings. The van der Waals surface area contributed by atoms with Crippen LogP contribution in [0.2, 0.25) is 0 Å². The van der Waals surface area contributed by atoms with Gasteiger partial charge in [0.05, 0.1) is 23.4 Å². The average molecular weight is 307 g/mol. The Balaban J connectivity index is 1.81. The monoisotopic (exact) mass is 307 g/mol. The summed E-state index contributed by atoms with van der Waals surface area (Å²) >= 11 is 0. The first kappa shape index (κ1) is 15.7. The van der Waals surface area contributed by atoms with Gasteiger partial charge in [0.1, 0.15) is 0 Å². The van der Waals surface area contributed by atoms with Crippen LogP contribution < -0.4 is 5.32 Å². The number of hydrogen-bond donors (Lipinski definition) is 1.